The van der Waals surface area contributed by atoms with Crippen LogP contribution in [0.4, 0.5) is 0 Å². The topological polar surface area (TPSA) is 88.3 Å². The van der Waals surface area contributed by atoms with Gasteiger partial charge in [0.15, 0.2) is 11.6 Å². The molecule has 1 aliphatic rings. The first-order chi connectivity index (χ1) is 19.1. The number of rotatable bonds is 7. The quantitative estimate of drug-likeness (QED) is 0.100. The van der Waals surface area contributed by atoms with Crippen LogP contribution in [0, 0.1) is 19.4 Å². The molecule has 0 bridgehead atoms. The van der Waals surface area contributed by atoms with Crippen LogP contribution in [-0.4, -0.2) is 47.1 Å². The van der Waals surface area contributed by atoms with Crippen LogP contribution in [0.3, 0.4) is 0 Å². The van der Waals surface area contributed by atoms with Crippen LogP contribution in [0.5, 0.6) is 5.75 Å². The van der Waals surface area contributed by atoms with E-state index in [9.17, 15) is 9.59 Å². The summed E-state index contributed by atoms with van der Waals surface area (Å²) < 4.78 is 19.0. The van der Waals surface area contributed by atoms with E-state index in [1.807, 2.05) is 57.2 Å². The molecular weight excluding hydrogens is 508 g/mol. The number of carbonyl (C=O) groups is 2. The van der Waals surface area contributed by atoms with Crippen LogP contribution in [-0.2, 0) is 19.1 Å². The Morgan fingerprint density at radius 1 is 1.05 bits per heavy atom. The molecule has 0 aliphatic carbocycles. The van der Waals surface area contributed by atoms with E-state index in [4.69, 9.17) is 25.5 Å². The van der Waals surface area contributed by atoms with Gasteiger partial charge in [0.05, 0.1) is 23.4 Å². The van der Waals surface area contributed by atoms with Gasteiger partial charge < -0.3 is 19.0 Å². The molecule has 1 fully saturated rings. The first-order valence-corrected chi connectivity index (χ1v) is 12.9. The molecule has 8 heteroatoms. The van der Waals surface area contributed by atoms with E-state index in [-0.39, 0.29) is 11.9 Å². The second kappa shape index (κ2) is 10.6. The molecule has 0 saturated carbocycles. The van der Waals surface area contributed by atoms with Gasteiger partial charge in [0.25, 0.3) is 0 Å². The number of ketones is 1. The molecular formula is C32H30N2O6. The lowest BCUT2D eigenvalue weighted by molar-refractivity contribution is -0.141. The summed E-state index contributed by atoms with van der Waals surface area (Å²) in [5, 5.41) is 5.59. The predicted molar refractivity (Wildman–Crippen MR) is 153 cm³/mol. The van der Waals surface area contributed by atoms with Gasteiger partial charge in [-0.1, -0.05) is 17.6 Å². The Hall–Kier alpha value is -4.45. The molecule has 204 valence electrons. The Labute approximate surface area is 232 Å². The SMILES string of the molecule is C#Cn1c2ccc(C(=O)c3ccc(OCC4COC(C)(C)O4)cc3C)cc2c2cc(C(C)=NOC(C)=O)ccc21. The van der Waals surface area contributed by atoms with Gasteiger partial charge in [-0.15, -0.1) is 0 Å². The third-order valence-electron chi connectivity index (χ3n) is 6.83. The van der Waals surface area contributed by atoms with Crippen molar-refractivity contribution in [2.75, 3.05) is 13.2 Å². The molecule has 1 unspecified atom stereocenters. The van der Waals surface area contributed by atoms with E-state index in [2.05, 4.69) is 11.2 Å². The largest absolute Gasteiger partial charge is 0.491 e. The van der Waals surface area contributed by atoms with Gasteiger partial charge in [-0.2, -0.15) is 0 Å². The number of aryl methyl sites for hydroxylation is 1. The van der Waals surface area contributed by atoms with Crippen LogP contribution in [0.2, 0.25) is 0 Å². The summed E-state index contributed by atoms with van der Waals surface area (Å²) in [6.45, 7) is 9.52. The van der Waals surface area contributed by atoms with Gasteiger partial charge >= 0.3 is 5.97 Å². The van der Waals surface area contributed by atoms with Crippen LogP contribution in [0.25, 0.3) is 21.8 Å². The standard InChI is InChI=1S/C32H30N2O6/c1-7-34-29-12-8-22(20(3)33-40-21(4)35)15-27(29)28-16-23(9-13-30(28)34)31(36)26-11-10-24(14-19(26)2)37-17-25-18-38-32(5,6)39-25/h1,8-16,25H,17-18H2,2-6H3. The third kappa shape index (κ3) is 5.34. The van der Waals surface area contributed by atoms with Gasteiger partial charge in [0.2, 0.25) is 0 Å². The number of oxime groups is 1. The number of benzene rings is 3. The Morgan fingerprint density at radius 2 is 1.73 bits per heavy atom. The molecule has 1 aliphatic heterocycles. The normalized spacial score (nSPS) is 16.7. The first kappa shape index (κ1) is 27.1. The fourth-order valence-corrected chi connectivity index (χ4v) is 4.88. The average Bonchev–Trinajstić information content (AvgIpc) is 3.45. The number of fused-ring (bicyclic) bond motifs is 3. The molecule has 1 aromatic heterocycles. The van der Waals surface area contributed by atoms with Gasteiger partial charge in [0, 0.05) is 34.9 Å². The number of nitrogens with zero attached hydrogens (tertiary/aromatic N) is 2. The number of aromatic nitrogens is 1. The fraction of sp³-hybridized carbons (Fsp3) is 0.281. The Balaban J connectivity index is 1.44. The summed E-state index contributed by atoms with van der Waals surface area (Å²) in [5.41, 5.74) is 4.86. The zero-order valence-corrected chi connectivity index (χ0v) is 23.1. The monoisotopic (exact) mass is 538 g/mol. The van der Waals surface area contributed by atoms with Crippen molar-refractivity contribution >= 4 is 39.3 Å². The van der Waals surface area contributed by atoms with E-state index in [0.717, 1.165) is 32.9 Å². The van der Waals surface area contributed by atoms with Crippen molar-refractivity contribution in [3.8, 4) is 18.2 Å². The summed E-state index contributed by atoms with van der Waals surface area (Å²) in [6, 6.07) is 19.3. The van der Waals surface area contributed by atoms with Crippen molar-refractivity contribution in [2.45, 2.75) is 46.5 Å². The maximum absolute atomic E-state index is 13.6. The Morgan fingerprint density at radius 3 is 2.33 bits per heavy atom. The fourth-order valence-electron chi connectivity index (χ4n) is 4.88. The van der Waals surface area contributed by atoms with Crippen molar-refractivity contribution in [3.63, 3.8) is 0 Å². The van der Waals surface area contributed by atoms with Crippen LogP contribution < -0.4 is 4.74 Å². The third-order valence-corrected chi connectivity index (χ3v) is 6.83. The van der Waals surface area contributed by atoms with E-state index in [1.54, 1.807) is 29.7 Å². The molecule has 2 heterocycles. The van der Waals surface area contributed by atoms with E-state index >= 15 is 0 Å². The molecule has 0 amide bonds. The van der Waals surface area contributed by atoms with Crippen molar-refractivity contribution < 1.29 is 28.6 Å². The number of carbonyl (C=O) groups excluding carboxylic acids is 2. The smallest absolute Gasteiger partial charge is 0.331 e. The Kier molecular flexibility index (Phi) is 7.19. The molecule has 8 nitrogen and oxygen atoms in total. The van der Waals surface area contributed by atoms with Crippen molar-refractivity contribution in [3.05, 3.63) is 76.9 Å². The highest BCUT2D eigenvalue weighted by molar-refractivity contribution is 6.16. The molecule has 5 rings (SSSR count). The van der Waals surface area contributed by atoms with Crippen molar-refractivity contribution in [1.29, 1.82) is 0 Å². The zero-order chi connectivity index (χ0) is 28.6. The highest BCUT2D eigenvalue weighted by Gasteiger charge is 2.33. The van der Waals surface area contributed by atoms with Crippen LogP contribution >= 0.6 is 0 Å². The molecule has 0 spiro atoms. The van der Waals surface area contributed by atoms with Gasteiger partial charge in [0.1, 0.15) is 18.5 Å². The van der Waals surface area contributed by atoms with E-state index in [1.165, 1.54) is 6.92 Å². The molecule has 3 aromatic carbocycles. The van der Waals surface area contributed by atoms with E-state index < -0.39 is 11.8 Å². The maximum atomic E-state index is 13.6. The lowest BCUT2D eigenvalue weighted by Crippen LogP contribution is -2.25. The maximum Gasteiger partial charge on any atom is 0.331 e. The summed E-state index contributed by atoms with van der Waals surface area (Å²) >= 11 is 0. The van der Waals surface area contributed by atoms with Crippen LogP contribution in [0.15, 0.2) is 59.8 Å². The molecule has 1 saturated heterocycles. The molecule has 0 N–H and O–H groups in total. The molecule has 40 heavy (non-hydrogen) atoms. The lowest BCUT2D eigenvalue weighted by Gasteiger charge is -2.17. The predicted octanol–water partition coefficient (Wildman–Crippen LogP) is 5.59. The van der Waals surface area contributed by atoms with Crippen LogP contribution in [0.1, 0.15) is 54.7 Å². The molecule has 1 atom stereocenters. The first-order valence-electron chi connectivity index (χ1n) is 12.9. The highest BCUT2D eigenvalue weighted by atomic mass is 16.7. The minimum absolute atomic E-state index is 0.106. The second-order valence-electron chi connectivity index (χ2n) is 10.3. The number of hydrogen-bond acceptors (Lipinski definition) is 7. The highest BCUT2D eigenvalue weighted by Crippen LogP contribution is 2.32. The van der Waals surface area contributed by atoms with Gasteiger partial charge in [-0.25, -0.2) is 4.79 Å². The summed E-state index contributed by atoms with van der Waals surface area (Å²) in [4.78, 5) is 29.6. The minimum Gasteiger partial charge on any atom is -0.491 e. The zero-order valence-electron chi connectivity index (χ0n) is 23.1. The number of hydrogen-bond donors (Lipinski definition) is 0. The summed E-state index contributed by atoms with van der Waals surface area (Å²) in [6.07, 6.45) is 5.70. The van der Waals surface area contributed by atoms with Gasteiger partial charge in [-0.05, 0) is 87.4 Å². The number of terminal acetylenes is 1. The summed E-state index contributed by atoms with van der Waals surface area (Å²) in [5.74, 6) is -0.547. The van der Waals surface area contributed by atoms with E-state index in [0.29, 0.717) is 35.8 Å². The average molecular weight is 539 g/mol. The Bertz CT molecular complexity index is 1720. The van der Waals surface area contributed by atoms with Crippen molar-refractivity contribution in [1.82, 2.24) is 4.57 Å². The lowest BCUT2D eigenvalue weighted by atomic mass is 9.97. The molecule has 4 aromatic rings. The summed E-state index contributed by atoms with van der Waals surface area (Å²) in [7, 11) is 0. The molecule has 0 radical (unpaired) electrons. The minimum atomic E-state index is -0.605. The van der Waals surface area contributed by atoms with Gasteiger partial charge in [-0.3, -0.25) is 9.36 Å². The van der Waals surface area contributed by atoms with Crippen molar-refractivity contribution in [2.24, 2.45) is 5.16 Å². The second-order valence-corrected chi connectivity index (χ2v) is 10.3. The number of ether oxygens (including phenoxy) is 3.